The van der Waals surface area contributed by atoms with Gasteiger partial charge in [0.1, 0.15) is 0 Å². The molecule has 2 heteroatoms. The Morgan fingerprint density at radius 1 is 0.941 bits per heavy atom. The second-order valence-corrected chi connectivity index (χ2v) is 5.68. The van der Waals surface area contributed by atoms with E-state index < -0.39 is 0 Å². The quantitative estimate of drug-likeness (QED) is 0.557. The Balaban J connectivity index is 2.17. The van der Waals surface area contributed by atoms with Crippen molar-refractivity contribution in [3.8, 4) is 0 Å². The van der Waals surface area contributed by atoms with Crippen molar-refractivity contribution in [2.45, 2.75) is 4.83 Å². The zero-order chi connectivity index (χ0) is 11.7. The van der Waals surface area contributed by atoms with Crippen molar-refractivity contribution in [3.63, 3.8) is 0 Å². The largest absolute Gasteiger partial charge is 0.152 e. The summed E-state index contributed by atoms with van der Waals surface area (Å²) in [6.07, 6.45) is 0. The van der Waals surface area contributed by atoms with Crippen LogP contribution in [-0.4, -0.2) is 0 Å². The van der Waals surface area contributed by atoms with Crippen LogP contribution in [0.5, 0.6) is 0 Å². The minimum absolute atomic E-state index is 0.278. The number of rotatable bonds is 2. The number of fused-ring (bicyclic) bond motifs is 1. The fraction of sp³-hybridized carbons (Fsp3) is 0.0667. The van der Waals surface area contributed by atoms with Gasteiger partial charge >= 0.3 is 0 Å². The predicted octanol–water partition coefficient (Wildman–Crippen LogP) is 5.39. The van der Waals surface area contributed by atoms with Crippen LogP contribution in [-0.2, 0) is 0 Å². The molecule has 1 atom stereocenters. The Hall–Kier alpha value is -1.12. The molecule has 0 radical (unpaired) electrons. The molecule has 17 heavy (non-hydrogen) atoms. The Morgan fingerprint density at radius 3 is 2.59 bits per heavy atom. The number of thiophene rings is 1. The Labute approximate surface area is 113 Å². The van der Waals surface area contributed by atoms with Crippen LogP contribution in [0.25, 0.3) is 10.8 Å². The van der Waals surface area contributed by atoms with Gasteiger partial charge in [0.15, 0.2) is 0 Å². The lowest BCUT2D eigenvalue weighted by Crippen LogP contribution is -1.91. The second kappa shape index (κ2) is 4.63. The molecule has 0 saturated carbocycles. The third kappa shape index (κ3) is 2.03. The average Bonchev–Trinajstić information content (AvgIpc) is 2.91. The summed E-state index contributed by atoms with van der Waals surface area (Å²) in [4.78, 5) is 0.278. The summed E-state index contributed by atoms with van der Waals surface area (Å²) in [6.45, 7) is 0. The molecule has 1 aromatic heterocycles. The van der Waals surface area contributed by atoms with Crippen molar-refractivity contribution in [2.75, 3.05) is 0 Å². The molecule has 0 fully saturated rings. The molecule has 0 aliphatic carbocycles. The molecule has 0 aliphatic rings. The van der Waals surface area contributed by atoms with Crippen LogP contribution >= 0.6 is 27.3 Å². The van der Waals surface area contributed by atoms with Gasteiger partial charge in [-0.15, -0.1) is 0 Å². The van der Waals surface area contributed by atoms with E-state index in [0.29, 0.717) is 0 Å². The fourth-order valence-corrected chi connectivity index (χ4v) is 3.62. The van der Waals surface area contributed by atoms with Gasteiger partial charge in [0.05, 0.1) is 4.83 Å². The van der Waals surface area contributed by atoms with Crippen LogP contribution in [0.3, 0.4) is 0 Å². The Morgan fingerprint density at radius 2 is 1.76 bits per heavy atom. The molecule has 0 saturated heterocycles. The average molecular weight is 303 g/mol. The molecule has 0 N–H and O–H groups in total. The number of halogens is 1. The smallest absolute Gasteiger partial charge is 0.0658 e. The first-order valence-electron chi connectivity index (χ1n) is 5.50. The third-order valence-corrected chi connectivity index (χ3v) is 4.66. The lowest BCUT2D eigenvalue weighted by Gasteiger charge is -2.11. The van der Waals surface area contributed by atoms with Crippen LogP contribution in [0.2, 0.25) is 0 Å². The van der Waals surface area contributed by atoms with Gasteiger partial charge in [-0.05, 0) is 38.7 Å². The van der Waals surface area contributed by atoms with Crippen LogP contribution in [0, 0.1) is 0 Å². The van der Waals surface area contributed by atoms with E-state index in [1.807, 2.05) is 0 Å². The third-order valence-electron chi connectivity index (χ3n) is 2.93. The maximum atomic E-state index is 3.80. The molecule has 0 spiro atoms. The number of hydrogen-bond acceptors (Lipinski definition) is 1. The lowest BCUT2D eigenvalue weighted by atomic mass is 10.00. The maximum Gasteiger partial charge on any atom is 0.0658 e. The van der Waals surface area contributed by atoms with Crippen LogP contribution < -0.4 is 0 Å². The summed E-state index contributed by atoms with van der Waals surface area (Å²) in [6, 6.07) is 17.2. The first kappa shape index (κ1) is 11.0. The molecule has 2 aromatic carbocycles. The molecule has 3 aromatic rings. The van der Waals surface area contributed by atoms with E-state index in [4.69, 9.17) is 0 Å². The summed E-state index contributed by atoms with van der Waals surface area (Å²) in [5.41, 5.74) is 2.66. The van der Waals surface area contributed by atoms with Gasteiger partial charge in [-0.1, -0.05) is 58.4 Å². The number of alkyl halides is 1. The SMILES string of the molecule is BrC(c1ccsc1)c1cccc2ccccc12. The van der Waals surface area contributed by atoms with E-state index in [-0.39, 0.29) is 4.83 Å². The van der Waals surface area contributed by atoms with Gasteiger partial charge in [-0.2, -0.15) is 11.3 Å². The first-order chi connectivity index (χ1) is 8.36. The minimum Gasteiger partial charge on any atom is -0.152 e. The van der Waals surface area contributed by atoms with E-state index >= 15 is 0 Å². The van der Waals surface area contributed by atoms with Crippen LogP contribution in [0.1, 0.15) is 16.0 Å². The molecular formula is C15H11BrS. The minimum atomic E-state index is 0.278. The van der Waals surface area contributed by atoms with Gasteiger partial charge in [-0.3, -0.25) is 0 Å². The highest BCUT2D eigenvalue weighted by molar-refractivity contribution is 9.09. The second-order valence-electron chi connectivity index (χ2n) is 3.99. The normalized spacial score (nSPS) is 12.8. The van der Waals surface area contributed by atoms with E-state index in [2.05, 4.69) is 75.2 Å². The molecule has 84 valence electrons. The first-order valence-corrected chi connectivity index (χ1v) is 7.36. The molecule has 0 nitrogen and oxygen atoms in total. The van der Waals surface area contributed by atoms with Crippen molar-refractivity contribution in [1.29, 1.82) is 0 Å². The fourth-order valence-electron chi connectivity index (χ4n) is 2.07. The summed E-state index contributed by atoms with van der Waals surface area (Å²) < 4.78 is 0. The topological polar surface area (TPSA) is 0 Å². The van der Waals surface area contributed by atoms with E-state index in [0.717, 1.165) is 0 Å². The monoisotopic (exact) mass is 302 g/mol. The highest BCUT2D eigenvalue weighted by Gasteiger charge is 2.12. The molecule has 1 unspecified atom stereocenters. The van der Waals surface area contributed by atoms with Crippen molar-refractivity contribution in [2.24, 2.45) is 0 Å². The summed E-state index contributed by atoms with van der Waals surface area (Å²) in [5.74, 6) is 0. The van der Waals surface area contributed by atoms with Gasteiger partial charge in [0.2, 0.25) is 0 Å². The zero-order valence-electron chi connectivity index (χ0n) is 9.14. The van der Waals surface area contributed by atoms with Crippen molar-refractivity contribution < 1.29 is 0 Å². The standard InChI is InChI=1S/C15H11BrS/c16-15(12-8-9-17-10-12)14-7-3-5-11-4-1-2-6-13(11)14/h1-10,15H. The van der Waals surface area contributed by atoms with E-state index in [1.54, 1.807) is 11.3 Å². The van der Waals surface area contributed by atoms with Gasteiger partial charge < -0.3 is 0 Å². The molecule has 3 rings (SSSR count). The Kier molecular flexibility index (Phi) is 3.00. The predicted molar refractivity (Wildman–Crippen MR) is 79.0 cm³/mol. The summed E-state index contributed by atoms with van der Waals surface area (Å²) in [5, 5.41) is 6.93. The maximum absolute atomic E-state index is 3.80. The molecule has 0 amide bonds. The van der Waals surface area contributed by atoms with Crippen molar-refractivity contribution >= 4 is 38.0 Å². The zero-order valence-corrected chi connectivity index (χ0v) is 11.5. The summed E-state index contributed by atoms with van der Waals surface area (Å²) >= 11 is 5.54. The highest BCUT2D eigenvalue weighted by Crippen LogP contribution is 2.35. The van der Waals surface area contributed by atoms with Gasteiger partial charge in [0, 0.05) is 0 Å². The summed E-state index contributed by atoms with van der Waals surface area (Å²) in [7, 11) is 0. The van der Waals surface area contributed by atoms with Gasteiger partial charge in [-0.25, -0.2) is 0 Å². The van der Waals surface area contributed by atoms with Crippen molar-refractivity contribution in [1.82, 2.24) is 0 Å². The van der Waals surface area contributed by atoms with Gasteiger partial charge in [0.25, 0.3) is 0 Å². The van der Waals surface area contributed by atoms with Crippen LogP contribution in [0.15, 0.2) is 59.3 Å². The number of benzene rings is 2. The Bertz CT molecular complexity index is 623. The highest BCUT2D eigenvalue weighted by atomic mass is 79.9. The van der Waals surface area contributed by atoms with Crippen LogP contribution in [0.4, 0.5) is 0 Å². The molecule has 1 heterocycles. The van der Waals surface area contributed by atoms with E-state index in [9.17, 15) is 0 Å². The molecule has 0 aliphatic heterocycles. The molecular weight excluding hydrogens is 292 g/mol. The lowest BCUT2D eigenvalue weighted by molar-refractivity contribution is 1.22. The van der Waals surface area contributed by atoms with Crippen molar-refractivity contribution in [3.05, 3.63) is 70.4 Å². The molecule has 0 bridgehead atoms. The van der Waals surface area contributed by atoms with E-state index in [1.165, 1.54) is 21.9 Å². The number of hydrogen-bond donors (Lipinski definition) is 0.